The van der Waals surface area contributed by atoms with Crippen LogP contribution in [0.2, 0.25) is 0 Å². The lowest BCUT2D eigenvalue weighted by molar-refractivity contribution is -0.140. The number of hydrogen-bond donors (Lipinski definition) is 0. The SMILES string of the molecule is COC(=O)CCc1csc(C(C)(C)OC)n1. The molecule has 0 aliphatic heterocycles. The first-order chi connectivity index (χ1) is 7.49. The summed E-state index contributed by atoms with van der Waals surface area (Å²) in [4.78, 5) is 15.4. The van der Waals surface area contributed by atoms with Gasteiger partial charge in [-0.2, -0.15) is 0 Å². The minimum atomic E-state index is -0.367. The molecule has 0 spiro atoms. The van der Waals surface area contributed by atoms with Crippen LogP contribution in [-0.2, 0) is 26.3 Å². The van der Waals surface area contributed by atoms with Gasteiger partial charge < -0.3 is 9.47 Å². The van der Waals surface area contributed by atoms with Crippen molar-refractivity contribution in [1.82, 2.24) is 4.98 Å². The fourth-order valence-corrected chi connectivity index (χ4v) is 2.07. The number of aromatic nitrogens is 1. The summed E-state index contributed by atoms with van der Waals surface area (Å²) in [7, 11) is 3.05. The molecule has 0 unspecified atom stereocenters. The molecule has 1 aromatic rings. The maximum absolute atomic E-state index is 11.0. The van der Waals surface area contributed by atoms with Crippen LogP contribution in [0, 0.1) is 0 Å². The highest BCUT2D eigenvalue weighted by Crippen LogP contribution is 2.27. The smallest absolute Gasteiger partial charge is 0.305 e. The van der Waals surface area contributed by atoms with Crippen molar-refractivity contribution in [2.45, 2.75) is 32.3 Å². The number of thiazole rings is 1. The zero-order valence-electron chi connectivity index (χ0n) is 10.1. The van der Waals surface area contributed by atoms with E-state index in [4.69, 9.17) is 4.74 Å². The maximum atomic E-state index is 11.0. The number of nitrogens with zero attached hydrogens (tertiary/aromatic N) is 1. The largest absolute Gasteiger partial charge is 0.469 e. The topological polar surface area (TPSA) is 48.4 Å². The van der Waals surface area contributed by atoms with Crippen molar-refractivity contribution in [3.05, 3.63) is 16.1 Å². The minimum absolute atomic E-state index is 0.208. The third-order valence-corrected chi connectivity index (χ3v) is 3.59. The number of carbonyl (C=O) groups excluding carboxylic acids is 1. The summed E-state index contributed by atoms with van der Waals surface area (Å²) in [6.45, 7) is 3.94. The summed E-state index contributed by atoms with van der Waals surface area (Å²) in [5, 5.41) is 2.88. The Labute approximate surface area is 99.6 Å². The van der Waals surface area contributed by atoms with E-state index in [1.807, 2.05) is 19.2 Å². The summed E-state index contributed by atoms with van der Waals surface area (Å²) in [5.41, 5.74) is 0.546. The van der Waals surface area contributed by atoms with Crippen LogP contribution in [0.15, 0.2) is 5.38 Å². The highest BCUT2D eigenvalue weighted by molar-refractivity contribution is 7.09. The molecule has 0 atom stereocenters. The minimum Gasteiger partial charge on any atom is -0.469 e. The second kappa shape index (κ2) is 5.41. The average Bonchev–Trinajstić information content (AvgIpc) is 2.75. The molecule has 0 aliphatic rings. The summed E-state index contributed by atoms with van der Waals surface area (Å²) >= 11 is 1.55. The first kappa shape index (κ1) is 13.1. The first-order valence-corrected chi connectivity index (χ1v) is 5.94. The van der Waals surface area contributed by atoms with Crippen molar-refractivity contribution < 1.29 is 14.3 Å². The molecular formula is C11H17NO3S. The van der Waals surface area contributed by atoms with Gasteiger partial charge in [0.2, 0.25) is 0 Å². The molecule has 0 radical (unpaired) electrons. The number of methoxy groups -OCH3 is 2. The van der Waals surface area contributed by atoms with E-state index < -0.39 is 0 Å². The van der Waals surface area contributed by atoms with E-state index in [1.54, 1.807) is 18.4 Å². The molecular weight excluding hydrogens is 226 g/mol. The van der Waals surface area contributed by atoms with Gasteiger partial charge in [-0.15, -0.1) is 11.3 Å². The molecule has 0 amide bonds. The van der Waals surface area contributed by atoms with Crippen LogP contribution in [0.5, 0.6) is 0 Å². The Balaban J connectivity index is 2.62. The van der Waals surface area contributed by atoms with E-state index in [0.29, 0.717) is 12.8 Å². The normalized spacial score (nSPS) is 11.5. The van der Waals surface area contributed by atoms with Crippen molar-refractivity contribution in [2.75, 3.05) is 14.2 Å². The molecule has 1 rings (SSSR count). The van der Waals surface area contributed by atoms with Gasteiger partial charge in [0.1, 0.15) is 10.6 Å². The number of hydrogen-bond acceptors (Lipinski definition) is 5. The van der Waals surface area contributed by atoms with Crippen LogP contribution in [-0.4, -0.2) is 25.2 Å². The molecule has 16 heavy (non-hydrogen) atoms. The highest BCUT2D eigenvalue weighted by atomic mass is 32.1. The lowest BCUT2D eigenvalue weighted by atomic mass is 10.1. The van der Waals surface area contributed by atoms with Crippen LogP contribution in [0.3, 0.4) is 0 Å². The van der Waals surface area contributed by atoms with Gasteiger partial charge in [0, 0.05) is 18.9 Å². The van der Waals surface area contributed by atoms with E-state index in [0.717, 1.165) is 10.7 Å². The van der Waals surface area contributed by atoms with Gasteiger partial charge in [-0.05, 0) is 13.8 Å². The molecule has 4 nitrogen and oxygen atoms in total. The predicted octanol–water partition coefficient (Wildman–Crippen LogP) is 2.13. The lowest BCUT2D eigenvalue weighted by Gasteiger charge is -2.19. The fraction of sp³-hybridized carbons (Fsp3) is 0.636. The second-order valence-electron chi connectivity index (χ2n) is 3.93. The molecule has 0 aliphatic carbocycles. The van der Waals surface area contributed by atoms with E-state index in [2.05, 4.69) is 9.72 Å². The summed E-state index contributed by atoms with van der Waals surface area (Å²) in [5.74, 6) is -0.208. The Hall–Kier alpha value is -0.940. The lowest BCUT2D eigenvalue weighted by Crippen LogP contribution is -2.19. The predicted molar refractivity (Wildman–Crippen MR) is 62.5 cm³/mol. The van der Waals surface area contributed by atoms with E-state index >= 15 is 0 Å². The number of esters is 1. The molecule has 5 heteroatoms. The molecule has 90 valence electrons. The van der Waals surface area contributed by atoms with Gasteiger partial charge in [0.25, 0.3) is 0 Å². The number of ether oxygens (including phenoxy) is 2. The first-order valence-electron chi connectivity index (χ1n) is 5.06. The Morgan fingerprint density at radius 3 is 2.75 bits per heavy atom. The Morgan fingerprint density at radius 1 is 1.50 bits per heavy atom. The van der Waals surface area contributed by atoms with Gasteiger partial charge in [0.05, 0.1) is 19.2 Å². The average molecular weight is 243 g/mol. The fourth-order valence-electron chi connectivity index (χ4n) is 1.12. The van der Waals surface area contributed by atoms with Crippen molar-refractivity contribution in [3.63, 3.8) is 0 Å². The number of carbonyl (C=O) groups is 1. The second-order valence-corrected chi connectivity index (χ2v) is 4.79. The molecule has 0 saturated heterocycles. The van der Waals surface area contributed by atoms with Crippen LogP contribution in [0.1, 0.15) is 31.0 Å². The third-order valence-electron chi connectivity index (χ3n) is 2.39. The highest BCUT2D eigenvalue weighted by Gasteiger charge is 2.23. The standard InChI is InChI=1S/C11H17NO3S/c1-11(2,15-4)10-12-8(7-16-10)5-6-9(13)14-3/h7H,5-6H2,1-4H3. The van der Waals surface area contributed by atoms with E-state index in [1.165, 1.54) is 7.11 Å². The van der Waals surface area contributed by atoms with Crippen LogP contribution in [0.25, 0.3) is 0 Å². The van der Waals surface area contributed by atoms with Gasteiger partial charge in [0.15, 0.2) is 0 Å². The van der Waals surface area contributed by atoms with E-state index in [9.17, 15) is 4.79 Å². The third kappa shape index (κ3) is 3.28. The van der Waals surface area contributed by atoms with Crippen molar-refractivity contribution in [2.24, 2.45) is 0 Å². The zero-order chi connectivity index (χ0) is 12.2. The van der Waals surface area contributed by atoms with Crippen LogP contribution in [0.4, 0.5) is 0 Å². The Bertz CT molecular complexity index is 360. The van der Waals surface area contributed by atoms with Gasteiger partial charge >= 0.3 is 5.97 Å². The number of aryl methyl sites for hydroxylation is 1. The van der Waals surface area contributed by atoms with Crippen molar-refractivity contribution in [1.29, 1.82) is 0 Å². The van der Waals surface area contributed by atoms with Crippen molar-refractivity contribution in [3.8, 4) is 0 Å². The summed E-state index contributed by atoms with van der Waals surface area (Å²) in [6.07, 6.45) is 0.982. The molecule has 0 bridgehead atoms. The van der Waals surface area contributed by atoms with Gasteiger partial charge in [-0.3, -0.25) is 4.79 Å². The Kier molecular flexibility index (Phi) is 4.44. The molecule has 1 heterocycles. The number of rotatable bonds is 5. The van der Waals surface area contributed by atoms with Crippen molar-refractivity contribution >= 4 is 17.3 Å². The summed E-state index contributed by atoms with van der Waals surface area (Å²) < 4.78 is 9.92. The van der Waals surface area contributed by atoms with Crippen LogP contribution < -0.4 is 0 Å². The molecule has 0 N–H and O–H groups in total. The monoisotopic (exact) mass is 243 g/mol. The molecule has 0 fully saturated rings. The quantitative estimate of drug-likeness (QED) is 0.743. The zero-order valence-corrected chi connectivity index (χ0v) is 10.9. The molecule has 0 saturated carbocycles. The van der Waals surface area contributed by atoms with Gasteiger partial charge in [-0.25, -0.2) is 4.98 Å². The Morgan fingerprint density at radius 2 is 2.19 bits per heavy atom. The molecule has 1 aromatic heterocycles. The van der Waals surface area contributed by atoms with Gasteiger partial charge in [-0.1, -0.05) is 0 Å². The van der Waals surface area contributed by atoms with Crippen LogP contribution >= 0.6 is 11.3 Å². The summed E-state index contributed by atoms with van der Waals surface area (Å²) in [6, 6.07) is 0. The molecule has 0 aromatic carbocycles. The van der Waals surface area contributed by atoms with E-state index in [-0.39, 0.29) is 11.6 Å². The maximum Gasteiger partial charge on any atom is 0.305 e.